The van der Waals surface area contributed by atoms with Crippen molar-refractivity contribution < 1.29 is 9.84 Å². The molecule has 1 N–H and O–H groups in total. The molecule has 1 aromatic carbocycles. The van der Waals surface area contributed by atoms with Gasteiger partial charge in [0.2, 0.25) is 0 Å². The first-order chi connectivity index (χ1) is 9.27. The summed E-state index contributed by atoms with van der Waals surface area (Å²) in [5, 5.41) is 11.2. The summed E-state index contributed by atoms with van der Waals surface area (Å²) in [5.74, 6) is 0.906. The first kappa shape index (κ1) is 15.4. The molecule has 1 fully saturated rings. The van der Waals surface area contributed by atoms with Gasteiger partial charge in [0.25, 0.3) is 0 Å². The van der Waals surface area contributed by atoms with Crippen molar-refractivity contribution in [2.45, 2.75) is 65.4 Å². The monoisotopic (exact) mass is 276 g/mol. The van der Waals surface area contributed by atoms with E-state index in [2.05, 4.69) is 32.9 Å². The van der Waals surface area contributed by atoms with E-state index in [0.29, 0.717) is 5.41 Å². The molecule has 1 saturated carbocycles. The zero-order chi connectivity index (χ0) is 15.0. The summed E-state index contributed by atoms with van der Waals surface area (Å²) in [7, 11) is 1.70. The fourth-order valence-electron chi connectivity index (χ4n) is 3.43. The lowest BCUT2D eigenvalue weighted by atomic mass is 9.81. The van der Waals surface area contributed by atoms with E-state index in [1.807, 2.05) is 6.92 Å². The van der Waals surface area contributed by atoms with Crippen LogP contribution in [0.25, 0.3) is 0 Å². The van der Waals surface area contributed by atoms with Crippen molar-refractivity contribution in [2.24, 2.45) is 5.41 Å². The zero-order valence-corrected chi connectivity index (χ0v) is 13.5. The van der Waals surface area contributed by atoms with Crippen molar-refractivity contribution in [2.75, 3.05) is 7.11 Å². The van der Waals surface area contributed by atoms with Gasteiger partial charge in [-0.2, -0.15) is 0 Å². The van der Waals surface area contributed by atoms with Crippen LogP contribution in [-0.2, 0) is 5.60 Å². The Morgan fingerprint density at radius 2 is 1.70 bits per heavy atom. The first-order valence-corrected chi connectivity index (χ1v) is 7.65. The SMILES string of the molecule is COc1cc(C)c(C2(O)CCCC(C)(C)CC2)cc1C. The first-order valence-electron chi connectivity index (χ1n) is 7.65. The smallest absolute Gasteiger partial charge is 0.122 e. The van der Waals surface area contributed by atoms with Gasteiger partial charge in [-0.3, -0.25) is 0 Å². The second-order valence-corrected chi connectivity index (χ2v) is 7.19. The zero-order valence-electron chi connectivity index (χ0n) is 13.5. The van der Waals surface area contributed by atoms with E-state index < -0.39 is 5.60 Å². The van der Waals surface area contributed by atoms with E-state index in [4.69, 9.17) is 4.74 Å². The molecule has 1 unspecified atom stereocenters. The van der Waals surface area contributed by atoms with Crippen molar-refractivity contribution in [1.29, 1.82) is 0 Å². The molecule has 1 atom stereocenters. The van der Waals surface area contributed by atoms with Crippen molar-refractivity contribution in [3.05, 3.63) is 28.8 Å². The quantitative estimate of drug-likeness (QED) is 0.806. The molecule has 1 aliphatic rings. The number of benzene rings is 1. The normalized spacial score (nSPS) is 26.1. The van der Waals surface area contributed by atoms with Gasteiger partial charge in [0.1, 0.15) is 5.75 Å². The van der Waals surface area contributed by atoms with E-state index >= 15 is 0 Å². The number of hydrogen-bond donors (Lipinski definition) is 1. The molecule has 0 aliphatic heterocycles. The van der Waals surface area contributed by atoms with Gasteiger partial charge < -0.3 is 9.84 Å². The third-order valence-electron chi connectivity index (χ3n) is 4.90. The third-order valence-corrected chi connectivity index (χ3v) is 4.90. The Bertz CT molecular complexity index is 490. The molecule has 0 bridgehead atoms. The van der Waals surface area contributed by atoms with Gasteiger partial charge in [-0.1, -0.05) is 13.8 Å². The highest BCUT2D eigenvalue weighted by molar-refractivity contribution is 5.44. The highest BCUT2D eigenvalue weighted by Crippen LogP contribution is 2.44. The summed E-state index contributed by atoms with van der Waals surface area (Å²) in [5.41, 5.74) is 3.00. The van der Waals surface area contributed by atoms with Gasteiger partial charge in [0.05, 0.1) is 12.7 Å². The Morgan fingerprint density at radius 1 is 1.00 bits per heavy atom. The standard InChI is InChI=1S/C18H28O2/c1-13-12-16(20-5)14(2)11-15(13)18(19)8-6-7-17(3,4)9-10-18/h11-12,19H,6-10H2,1-5H3. The Morgan fingerprint density at radius 3 is 2.35 bits per heavy atom. The minimum absolute atomic E-state index is 0.347. The number of ether oxygens (including phenoxy) is 1. The number of aryl methyl sites for hydroxylation is 2. The lowest BCUT2D eigenvalue weighted by Gasteiger charge is -2.30. The Kier molecular flexibility index (Phi) is 4.15. The molecule has 0 spiro atoms. The molecule has 20 heavy (non-hydrogen) atoms. The van der Waals surface area contributed by atoms with Gasteiger partial charge in [-0.05, 0) is 80.2 Å². The second-order valence-electron chi connectivity index (χ2n) is 7.19. The molecule has 1 aromatic rings. The minimum atomic E-state index is -0.672. The average Bonchev–Trinajstić information content (AvgIpc) is 2.51. The van der Waals surface area contributed by atoms with Gasteiger partial charge in [0, 0.05) is 0 Å². The maximum atomic E-state index is 11.2. The maximum absolute atomic E-state index is 11.2. The van der Waals surface area contributed by atoms with Crippen LogP contribution in [0.4, 0.5) is 0 Å². The summed E-state index contributed by atoms with van der Waals surface area (Å²) in [4.78, 5) is 0. The predicted octanol–water partition coefficient (Wildman–Crippen LogP) is 4.49. The Balaban J connectivity index is 2.37. The summed E-state index contributed by atoms with van der Waals surface area (Å²) < 4.78 is 5.38. The number of aliphatic hydroxyl groups is 1. The van der Waals surface area contributed by atoms with Crippen molar-refractivity contribution >= 4 is 0 Å². The molecule has 112 valence electrons. The topological polar surface area (TPSA) is 29.5 Å². The lowest BCUT2D eigenvalue weighted by molar-refractivity contribution is 0.0173. The van der Waals surface area contributed by atoms with Gasteiger partial charge in [-0.25, -0.2) is 0 Å². The Labute approximate surface area is 123 Å². The van der Waals surface area contributed by atoms with E-state index in [0.717, 1.165) is 48.1 Å². The van der Waals surface area contributed by atoms with E-state index in [1.54, 1.807) is 7.11 Å². The van der Waals surface area contributed by atoms with Crippen LogP contribution < -0.4 is 4.74 Å². The van der Waals surface area contributed by atoms with Gasteiger partial charge in [0.15, 0.2) is 0 Å². The summed E-state index contributed by atoms with van der Waals surface area (Å²) >= 11 is 0. The van der Waals surface area contributed by atoms with Crippen LogP contribution in [0.2, 0.25) is 0 Å². The predicted molar refractivity (Wildman–Crippen MR) is 83.2 cm³/mol. The van der Waals surface area contributed by atoms with Crippen LogP contribution >= 0.6 is 0 Å². The van der Waals surface area contributed by atoms with Crippen LogP contribution in [0.1, 0.15) is 62.6 Å². The minimum Gasteiger partial charge on any atom is -0.496 e. The molecular weight excluding hydrogens is 248 g/mol. The third kappa shape index (κ3) is 3.01. The van der Waals surface area contributed by atoms with Gasteiger partial charge >= 0.3 is 0 Å². The largest absolute Gasteiger partial charge is 0.496 e. The number of hydrogen-bond acceptors (Lipinski definition) is 2. The molecule has 2 rings (SSSR count). The van der Waals surface area contributed by atoms with Crippen LogP contribution in [-0.4, -0.2) is 12.2 Å². The lowest BCUT2D eigenvalue weighted by Crippen LogP contribution is -2.26. The van der Waals surface area contributed by atoms with E-state index in [9.17, 15) is 5.11 Å². The number of methoxy groups -OCH3 is 1. The fraction of sp³-hybridized carbons (Fsp3) is 0.667. The maximum Gasteiger partial charge on any atom is 0.122 e. The molecule has 1 aliphatic carbocycles. The molecule has 0 radical (unpaired) electrons. The van der Waals surface area contributed by atoms with Gasteiger partial charge in [-0.15, -0.1) is 0 Å². The molecule has 2 nitrogen and oxygen atoms in total. The molecule has 0 aromatic heterocycles. The van der Waals surface area contributed by atoms with Crippen LogP contribution in [0.3, 0.4) is 0 Å². The van der Waals surface area contributed by atoms with Crippen LogP contribution in [0.15, 0.2) is 12.1 Å². The molecule has 0 amide bonds. The Hall–Kier alpha value is -1.02. The molecular formula is C18H28O2. The molecule has 0 heterocycles. The summed E-state index contributed by atoms with van der Waals surface area (Å²) in [6.45, 7) is 8.74. The average molecular weight is 276 g/mol. The molecule has 0 saturated heterocycles. The highest BCUT2D eigenvalue weighted by atomic mass is 16.5. The van der Waals surface area contributed by atoms with Crippen molar-refractivity contribution in [1.82, 2.24) is 0 Å². The van der Waals surface area contributed by atoms with E-state index in [1.165, 1.54) is 6.42 Å². The number of rotatable bonds is 2. The summed E-state index contributed by atoms with van der Waals surface area (Å²) in [6, 6.07) is 4.17. The molecule has 2 heteroatoms. The van der Waals surface area contributed by atoms with Crippen LogP contribution in [0.5, 0.6) is 5.75 Å². The van der Waals surface area contributed by atoms with Crippen molar-refractivity contribution in [3.63, 3.8) is 0 Å². The second kappa shape index (κ2) is 5.40. The summed E-state index contributed by atoms with van der Waals surface area (Å²) in [6.07, 6.45) is 5.08. The van der Waals surface area contributed by atoms with Crippen molar-refractivity contribution in [3.8, 4) is 5.75 Å². The fourth-order valence-corrected chi connectivity index (χ4v) is 3.43. The van der Waals surface area contributed by atoms with Crippen LogP contribution in [0, 0.1) is 19.3 Å². The highest BCUT2D eigenvalue weighted by Gasteiger charge is 2.36. The van der Waals surface area contributed by atoms with E-state index in [-0.39, 0.29) is 0 Å².